The summed E-state index contributed by atoms with van der Waals surface area (Å²) in [5.74, 6) is -0.846. The van der Waals surface area contributed by atoms with Gasteiger partial charge in [-0.1, -0.05) is 5.21 Å². The average molecular weight is 460 g/mol. The number of H-pyrrole nitrogens is 1. The molecule has 1 aromatic carbocycles. The molecule has 0 radical (unpaired) electrons. The van der Waals surface area contributed by atoms with E-state index in [-0.39, 0.29) is 31.3 Å². The van der Waals surface area contributed by atoms with E-state index in [0.717, 1.165) is 0 Å². The highest BCUT2D eigenvalue weighted by Gasteiger charge is 2.33. The third-order valence-electron chi connectivity index (χ3n) is 5.42. The highest BCUT2D eigenvalue weighted by Crippen LogP contribution is 2.28. The molecule has 3 amide bonds. The van der Waals surface area contributed by atoms with Gasteiger partial charge in [0.15, 0.2) is 0 Å². The summed E-state index contributed by atoms with van der Waals surface area (Å²) in [5, 5.41) is 14.1. The largest absolute Gasteiger partial charge is 0.442 e. The number of rotatable bonds is 6. The van der Waals surface area contributed by atoms with Crippen molar-refractivity contribution in [3.63, 3.8) is 0 Å². The number of cyclic esters (lactones) is 1. The molecule has 2 aliphatic rings. The molecular formula is C20H25FN8O4. The first-order chi connectivity index (χ1) is 15.9. The fourth-order valence-electron chi connectivity index (χ4n) is 3.76. The van der Waals surface area contributed by atoms with Crippen molar-refractivity contribution in [2.45, 2.75) is 19.4 Å². The maximum atomic E-state index is 15.0. The Hall–Kier alpha value is -3.74. The molecule has 12 nitrogen and oxygen atoms in total. The van der Waals surface area contributed by atoms with Gasteiger partial charge in [-0.05, 0) is 18.2 Å². The Morgan fingerprint density at radius 1 is 1.30 bits per heavy atom. The van der Waals surface area contributed by atoms with Crippen molar-refractivity contribution in [3.05, 3.63) is 35.9 Å². The molecule has 4 rings (SSSR count). The van der Waals surface area contributed by atoms with Gasteiger partial charge < -0.3 is 15.0 Å². The number of halogens is 1. The first-order valence-electron chi connectivity index (χ1n) is 10.6. The lowest BCUT2D eigenvalue weighted by molar-refractivity contribution is -0.133. The number of aromatic nitrogens is 3. The third-order valence-corrected chi connectivity index (χ3v) is 5.42. The summed E-state index contributed by atoms with van der Waals surface area (Å²) in [6, 6.07) is 4.57. The molecule has 0 spiro atoms. The number of nitrogens with one attached hydrogen (secondary N) is 3. The normalized spacial score (nSPS) is 18.8. The number of carbonyl (C=O) groups excluding carboxylic acids is 3. The SMILES string of the molecule is CC(=O)NC[C@H]1CN(c2ccc(N3CCNN(C(=O)Cc4c[nH]nn4)CC3)c(F)c2)C(=O)O1. The van der Waals surface area contributed by atoms with Crippen LogP contribution in [0.1, 0.15) is 12.6 Å². The molecule has 13 heteroatoms. The fraction of sp³-hybridized carbons (Fsp3) is 0.450. The summed E-state index contributed by atoms with van der Waals surface area (Å²) in [6.07, 6.45) is 0.595. The smallest absolute Gasteiger partial charge is 0.414 e. The van der Waals surface area contributed by atoms with Crippen LogP contribution in [-0.2, 0) is 20.7 Å². The van der Waals surface area contributed by atoms with Crippen LogP contribution in [0.4, 0.5) is 20.6 Å². The van der Waals surface area contributed by atoms with Crippen LogP contribution in [0.15, 0.2) is 24.4 Å². The van der Waals surface area contributed by atoms with Gasteiger partial charge in [-0.3, -0.25) is 24.6 Å². The van der Waals surface area contributed by atoms with Crippen molar-refractivity contribution >= 4 is 29.3 Å². The van der Waals surface area contributed by atoms with Crippen LogP contribution in [0.25, 0.3) is 0 Å². The summed E-state index contributed by atoms with van der Waals surface area (Å²) >= 11 is 0. The lowest BCUT2D eigenvalue weighted by atomic mass is 10.2. The van der Waals surface area contributed by atoms with E-state index in [4.69, 9.17) is 4.74 Å². The average Bonchev–Trinajstić information content (AvgIpc) is 3.35. The molecule has 0 aliphatic carbocycles. The third kappa shape index (κ3) is 5.37. The maximum absolute atomic E-state index is 15.0. The predicted molar refractivity (Wildman–Crippen MR) is 115 cm³/mol. The minimum atomic E-state index is -0.585. The van der Waals surface area contributed by atoms with E-state index in [2.05, 4.69) is 26.2 Å². The van der Waals surface area contributed by atoms with Crippen molar-refractivity contribution in [3.8, 4) is 0 Å². The van der Waals surface area contributed by atoms with E-state index in [1.807, 2.05) is 4.90 Å². The quantitative estimate of drug-likeness (QED) is 0.539. The standard InChI is InChI=1S/C20H25FN8O4/c1-13(30)22-11-16-12-28(20(32)33-16)15-2-3-18(17(21)9-15)27-5-4-24-29(7-6-27)19(31)8-14-10-23-26-25-14/h2-3,9-10,16,24H,4-8,11-12H2,1H3,(H,22,30)(H,23,25,26)/t16-/m0/s1. The van der Waals surface area contributed by atoms with Gasteiger partial charge in [0.2, 0.25) is 11.8 Å². The minimum absolute atomic E-state index is 0.113. The Bertz CT molecular complexity index is 1020. The second-order valence-electron chi connectivity index (χ2n) is 7.77. The molecule has 3 N–H and O–H groups in total. The summed E-state index contributed by atoms with van der Waals surface area (Å²) in [6.45, 7) is 3.54. The lowest BCUT2D eigenvalue weighted by Gasteiger charge is -2.24. The number of aromatic amines is 1. The van der Waals surface area contributed by atoms with Crippen molar-refractivity contribution in [2.24, 2.45) is 0 Å². The van der Waals surface area contributed by atoms with Crippen LogP contribution in [-0.4, -0.2) is 83.7 Å². The van der Waals surface area contributed by atoms with Crippen molar-refractivity contribution in [1.82, 2.24) is 31.2 Å². The zero-order valence-corrected chi connectivity index (χ0v) is 18.1. The number of hydrogen-bond acceptors (Lipinski definition) is 8. The number of amides is 3. The molecule has 33 heavy (non-hydrogen) atoms. The zero-order valence-electron chi connectivity index (χ0n) is 18.1. The number of hydrazine groups is 1. The Morgan fingerprint density at radius 2 is 2.15 bits per heavy atom. The highest BCUT2D eigenvalue weighted by atomic mass is 19.1. The van der Waals surface area contributed by atoms with Gasteiger partial charge >= 0.3 is 6.09 Å². The Labute approximate surface area is 189 Å². The van der Waals surface area contributed by atoms with Crippen LogP contribution in [0, 0.1) is 5.82 Å². The van der Waals surface area contributed by atoms with E-state index < -0.39 is 18.0 Å². The molecule has 176 valence electrons. The van der Waals surface area contributed by atoms with Crippen LogP contribution in [0.5, 0.6) is 0 Å². The molecule has 0 saturated carbocycles. The van der Waals surface area contributed by atoms with Gasteiger partial charge in [0.05, 0.1) is 43.1 Å². The van der Waals surface area contributed by atoms with E-state index >= 15 is 4.39 Å². The topological polar surface area (TPSA) is 136 Å². The first-order valence-corrected chi connectivity index (χ1v) is 10.6. The van der Waals surface area contributed by atoms with Gasteiger partial charge in [0, 0.05) is 32.8 Å². The van der Waals surface area contributed by atoms with Crippen molar-refractivity contribution in [2.75, 3.05) is 49.1 Å². The summed E-state index contributed by atoms with van der Waals surface area (Å²) in [7, 11) is 0. The summed E-state index contributed by atoms with van der Waals surface area (Å²) in [4.78, 5) is 38.9. The van der Waals surface area contributed by atoms with E-state index in [1.165, 1.54) is 22.9 Å². The van der Waals surface area contributed by atoms with Crippen molar-refractivity contribution < 1.29 is 23.5 Å². The number of anilines is 2. The molecule has 1 atom stereocenters. The van der Waals surface area contributed by atoms with Gasteiger partial charge in [-0.25, -0.2) is 14.6 Å². The summed E-state index contributed by atoms with van der Waals surface area (Å²) < 4.78 is 20.2. The maximum Gasteiger partial charge on any atom is 0.414 e. The van der Waals surface area contributed by atoms with Gasteiger partial charge in [0.25, 0.3) is 0 Å². The number of ether oxygens (including phenoxy) is 1. The fourth-order valence-corrected chi connectivity index (χ4v) is 3.76. The molecule has 0 bridgehead atoms. The minimum Gasteiger partial charge on any atom is -0.442 e. The predicted octanol–water partition coefficient (Wildman–Crippen LogP) is -0.199. The Morgan fingerprint density at radius 3 is 2.88 bits per heavy atom. The van der Waals surface area contributed by atoms with Crippen LogP contribution < -0.4 is 20.5 Å². The van der Waals surface area contributed by atoms with Gasteiger partial charge in [-0.2, -0.15) is 0 Å². The lowest BCUT2D eigenvalue weighted by Crippen LogP contribution is -2.44. The molecule has 1 aromatic heterocycles. The van der Waals surface area contributed by atoms with Crippen molar-refractivity contribution in [1.29, 1.82) is 0 Å². The highest BCUT2D eigenvalue weighted by molar-refractivity contribution is 5.90. The zero-order chi connectivity index (χ0) is 23.4. The Kier molecular flexibility index (Phi) is 6.68. The van der Waals surface area contributed by atoms with Crippen LogP contribution in [0.2, 0.25) is 0 Å². The van der Waals surface area contributed by atoms with Crippen LogP contribution >= 0.6 is 0 Å². The number of benzene rings is 1. The van der Waals surface area contributed by atoms with Gasteiger partial charge in [0.1, 0.15) is 11.9 Å². The van der Waals surface area contributed by atoms with Crippen LogP contribution in [0.3, 0.4) is 0 Å². The molecule has 2 saturated heterocycles. The molecule has 0 unspecified atom stereocenters. The number of nitrogens with zero attached hydrogens (tertiary/aromatic N) is 5. The number of carbonyl (C=O) groups is 3. The molecular weight excluding hydrogens is 435 g/mol. The first kappa shape index (κ1) is 22.5. The van der Waals surface area contributed by atoms with E-state index in [1.54, 1.807) is 18.3 Å². The molecule has 2 aromatic rings. The Balaban J connectivity index is 1.37. The van der Waals surface area contributed by atoms with E-state index in [9.17, 15) is 14.4 Å². The second kappa shape index (κ2) is 9.81. The number of hydrogen-bond donors (Lipinski definition) is 3. The van der Waals surface area contributed by atoms with E-state index in [0.29, 0.717) is 43.2 Å². The second-order valence-corrected chi connectivity index (χ2v) is 7.77. The molecule has 2 aliphatic heterocycles. The molecule has 3 heterocycles. The van der Waals surface area contributed by atoms with Gasteiger partial charge in [-0.15, -0.1) is 5.10 Å². The monoisotopic (exact) mass is 460 g/mol. The molecule has 2 fully saturated rings. The summed E-state index contributed by atoms with van der Waals surface area (Å²) in [5.41, 5.74) is 4.37.